The minimum Gasteiger partial charge on any atom is -0.360 e. The maximum absolute atomic E-state index is 12.9. The molecule has 8 heteroatoms. The van der Waals surface area contributed by atoms with Gasteiger partial charge in [-0.1, -0.05) is 41.9 Å². The van der Waals surface area contributed by atoms with E-state index in [1.165, 1.54) is 9.87 Å². The van der Waals surface area contributed by atoms with Crippen molar-refractivity contribution in [1.29, 1.82) is 0 Å². The predicted molar refractivity (Wildman–Crippen MR) is 110 cm³/mol. The molecule has 0 bridgehead atoms. The van der Waals surface area contributed by atoms with Crippen molar-refractivity contribution in [2.24, 2.45) is 11.8 Å². The van der Waals surface area contributed by atoms with Gasteiger partial charge in [-0.15, -0.1) is 0 Å². The zero-order chi connectivity index (χ0) is 21.2. The van der Waals surface area contributed by atoms with E-state index in [2.05, 4.69) is 10.5 Å². The predicted octanol–water partition coefficient (Wildman–Crippen LogP) is 2.95. The molecule has 0 aliphatic carbocycles. The Bertz CT molecular complexity index is 939. The lowest BCUT2D eigenvalue weighted by Gasteiger charge is -2.33. The van der Waals surface area contributed by atoms with Crippen molar-refractivity contribution in [2.75, 3.05) is 13.1 Å². The van der Waals surface area contributed by atoms with Crippen LogP contribution in [0.15, 0.2) is 33.7 Å². The first kappa shape index (κ1) is 21.5. The number of sulfonamides is 1. The highest BCUT2D eigenvalue weighted by atomic mass is 32.2. The molecule has 0 saturated carbocycles. The number of hydrogen-bond donors (Lipinski definition) is 1. The van der Waals surface area contributed by atoms with Gasteiger partial charge in [-0.2, -0.15) is 4.31 Å². The highest BCUT2D eigenvalue weighted by Gasteiger charge is 2.36. The van der Waals surface area contributed by atoms with Crippen LogP contribution in [0, 0.1) is 32.6 Å². The van der Waals surface area contributed by atoms with Crippen LogP contribution in [0.2, 0.25) is 0 Å². The van der Waals surface area contributed by atoms with E-state index in [0.29, 0.717) is 43.9 Å². The molecule has 1 aliphatic rings. The summed E-state index contributed by atoms with van der Waals surface area (Å²) in [6, 6.07) is 8.08. The summed E-state index contributed by atoms with van der Waals surface area (Å²) >= 11 is 0. The van der Waals surface area contributed by atoms with Gasteiger partial charge in [0.15, 0.2) is 5.76 Å². The number of rotatable bonds is 6. The molecule has 0 radical (unpaired) electrons. The first-order chi connectivity index (χ1) is 13.7. The zero-order valence-electron chi connectivity index (χ0n) is 17.4. The molecular formula is C21H29N3O4S. The van der Waals surface area contributed by atoms with Gasteiger partial charge in [-0.05, 0) is 45.1 Å². The van der Waals surface area contributed by atoms with Crippen LogP contribution in [0.3, 0.4) is 0 Å². The molecule has 1 amide bonds. The number of benzene rings is 1. The fourth-order valence-electron chi connectivity index (χ4n) is 3.86. The molecule has 29 heavy (non-hydrogen) atoms. The highest BCUT2D eigenvalue weighted by Crippen LogP contribution is 2.30. The summed E-state index contributed by atoms with van der Waals surface area (Å²) in [5.41, 5.74) is 2.64. The van der Waals surface area contributed by atoms with Gasteiger partial charge < -0.3 is 9.84 Å². The normalized spacial score (nSPS) is 17.2. The monoisotopic (exact) mass is 419 g/mol. The molecule has 1 aromatic heterocycles. The zero-order valence-corrected chi connectivity index (χ0v) is 18.3. The van der Waals surface area contributed by atoms with Gasteiger partial charge in [0.1, 0.15) is 10.6 Å². The van der Waals surface area contributed by atoms with Crippen molar-refractivity contribution < 1.29 is 17.7 Å². The van der Waals surface area contributed by atoms with E-state index in [-0.39, 0.29) is 22.6 Å². The van der Waals surface area contributed by atoms with Crippen molar-refractivity contribution in [2.45, 2.75) is 52.0 Å². The number of carbonyl (C=O) groups is 1. The Labute approximate surface area is 172 Å². The molecule has 1 N–H and O–H groups in total. The lowest BCUT2D eigenvalue weighted by atomic mass is 9.85. The maximum Gasteiger partial charge on any atom is 0.248 e. The third-order valence-electron chi connectivity index (χ3n) is 5.77. The number of hydrogen-bond acceptors (Lipinski definition) is 5. The Morgan fingerprint density at radius 3 is 2.38 bits per heavy atom. The lowest BCUT2D eigenvalue weighted by molar-refractivity contribution is -0.126. The Balaban J connectivity index is 1.55. The number of nitrogens with one attached hydrogen (secondary N) is 1. The van der Waals surface area contributed by atoms with Crippen LogP contribution in [0.4, 0.5) is 0 Å². The largest absolute Gasteiger partial charge is 0.360 e. The quantitative estimate of drug-likeness (QED) is 0.777. The van der Waals surface area contributed by atoms with E-state index >= 15 is 0 Å². The van der Waals surface area contributed by atoms with Gasteiger partial charge >= 0.3 is 0 Å². The fraction of sp³-hybridized carbons (Fsp3) is 0.524. The van der Waals surface area contributed by atoms with Gasteiger partial charge in [0.25, 0.3) is 0 Å². The average molecular weight is 420 g/mol. The van der Waals surface area contributed by atoms with Crippen LogP contribution in [0.25, 0.3) is 0 Å². The third kappa shape index (κ3) is 4.70. The van der Waals surface area contributed by atoms with E-state index in [1.807, 2.05) is 38.1 Å². The minimum atomic E-state index is -3.62. The molecule has 0 spiro atoms. The molecule has 2 aromatic rings. The van der Waals surface area contributed by atoms with Gasteiger partial charge in [0.2, 0.25) is 15.9 Å². The summed E-state index contributed by atoms with van der Waals surface area (Å²) in [6.45, 7) is 8.50. The average Bonchev–Trinajstić information content (AvgIpc) is 3.05. The number of piperidine rings is 1. The Kier molecular flexibility index (Phi) is 6.43. The van der Waals surface area contributed by atoms with Gasteiger partial charge in [-0.3, -0.25) is 4.79 Å². The van der Waals surface area contributed by atoms with Gasteiger partial charge in [0, 0.05) is 25.6 Å². The standard InChI is InChI=1S/C21H29N3O4S/c1-14-5-7-18(8-6-14)13-22-21(25)15(2)19-9-11-24(12-10-19)29(26,27)20-16(3)23-28-17(20)4/h5-8,15,19H,9-13H2,1-4H3,(H,22,25)/t15-/m1/s1. The van der Waals surface area contributed by atoms with Crippen molar-refractivity contribution in [3.63, 3.8) is 0 Å². The van der Waals surface area contributed by atoms with Crippen LogP contribution in [-0.2, 0) is 21.4 Å². The molecule has 1 saturated heterocycles. The molecular weight excluding hydrogens is 390 g/mol. The number of aryl methyl sites for hydroxylation is 3. The van der Waals surface area contributed by atoms with Crippen LogP contribution in [0.5, 0.6) is 0 Å². The Morgan fingerprint density at radius 1 is 1.21 bits per heavy atom. The molecule has 7 nitrogen and oxygen atoms in total. The highest BCUT2D eigenvalue weighted by molar-refractivity contribution is 7.89. The maximum atomic E-state index is 12.9. The van der Waals surface area contributed by atoms with Gasteiger partial charge in [-0.25, -0.2) is 8.42 Å². The first-order valence-corrected chi connectivity index (χ1v) is 11.4. The fourth-order valence-corrected chi connectivity index (χ4v) is 5.62. The smallest absolute Gasteiger partial charge is 0.248 e. The minimum absolute atomic E-state index is 0.0117. The number of carbonyl (C=O) groups excluding carboxylic acids is 1. The van der Waals surface area contributed by atoms with Crippen molar-refractivity contribution in [3.05, 3.63) is 46.8 Å². The molecule has 1 aliphatic heterocycles. The van der Waals surface area contributed by atoms with Crippen molar-refractivity contribution in [3.8, 4) is 0 Å². The first-order valence-electron chi connectivity index (χ1n) is 9.96. The Morgan fingerprint density at radius 2 is 1.83 bits per heavy atom. The SMILES string of the molecule is Cc1ccc(CNC(=O)[C@H](C)C2CCN(S(=O)(=O)c3c(C)noc3C)CC2)cc1. The summed E-state index contributed by atoms with van der Waals surface area (Å²) in [5, 5.41) is 6.76. The molecule has 158 valence electrons. The van der Waals surface area contributed by atoms with Crippen LogP contribution in [-0.4, -0.2) is 36.9 Å². The third-order valence-corrected chi connectivity index (χ3v) is 7.92. The van der Waals surface area contributed by atoms with Crippen molar-refractivity contribution in [1.82, 2.24) is 14.8 Å². The van der Waals surface area contributed by atoms with E-state index in [4.69, 9.17) is 4.52 Å². The summed E-state index contributed by atoms with van der Waals surface area (Å²) in [5.74, 6) is 0.319. The van der Waals surface area contributed by atoms with E-state index < -0.39 is 10.0 Å². The summed E-state index contributed by atoms with van der Waals surface area (Å²) in [7, 11) is -3.62. The van der Waals surface area contributed by atoms with E-state index in [9.17, 15) is 13.2 Å². The molecule has 3 rings (SSSR count). The summed E-state index contributed by atoms with van der Waals surface area (Å²) in [4.78, 5) is 12.7. The van der Waals surface area contributed by atoms with Crippen LogP contribution in [0.1, 0.15) is 42.3 Å². The summed E-state index contributed by atoms with van der Waals surface area (Å²) in [6.07, 6.45) is 1.31. The van der Waals surface area contributed by atoms with E-state index in [1.54, 1.807) is 13.8 Å². The number of nitrogens with zero attached hydrogens (tertiary/aromatic N) is 2. The van der Waals surface area contributed by atoms with Crippen molar-refractivity contribution >= 4 is 15.9 Å². The molecule has 1 atom stereocenters. The lowest BCUT2D eigenvalue weighted by Crippen LogP contribution is -2.42. The van der Waals surface area contributed by atoms with Crippen LogP contribution >= 0.6 is 0 Å². The van der Waals surface area contributed by atoms with Gasteiger partial charge in [0.05, 0.1) is 0 Å². The molecule has 1 fully saturated rings. The molecule has 0 unspecified atom stereocenters. The number of amides is 1. The Hall–Kier alpha value is -2.19. The summed E-state index contributed by atoms with van der Waals surface area (Å²) < 4.78 is 32.4. The van der Waals surface area contributed by atoms with E-state index in [0.717, 1.165) is 5.56 Å². The van der Waals surface area contributed by atoms with Crippen LogP contribution < -0.4 is 5.32 Å². The molecule has 1 aromatic carbocycles. The number of aromatic nitrogens is 1. The topological polar surface area (TPSA) is 92.5 Å². The second-order valence-electron chi connectivity index (χ2n) is 7.89. The molecule has 2 heterocycles. The second kappa shape index (κ2) is 8.67. The second-order valence-corrected chi connectivity index (χ2v) is 9.76.